The molecule has 1 aromatic heterocycles. The summed E-state index contributed by atoms with van der Waals surface area (Å²) in [6, 6.07) is 11.1. The van der Waals surface area contributed by atoms with E-state index < -0.39 is 0 Å². The zero-order valence-corrected chi connectivity index (χ0v) is 13.5. The molecule has 0 aliphatic carbocycles. The van der Waals surface area contributed by atoms with Crippen LogP contribution in [0.25, 0.3) is 10.9 Å². The maximum absolute atomic E-state index is 14.1. The van der Waals surface area contributed by atoms with Crippen LogP contribution in [0.4, 0.5) is 14.6 Å². The van der Waals surface area contributed by atoms with E-state index in [1.54, 1.807) is 18.2 Å². The van der Waals surface area contributed by atoms with Crippen LogP contribution < -0.4 is 5.32 Å². The average Bonchev–Trinajstić information content (AvgIpc) is 2.55. The Bertz CT molecular complexity index is 846. The second-order valence-electron chi connectivity index (χ2n) is 5.77. The molecule has 0 fully saturated rings. The molecule has 3 rings (SSSR count). The highest BCUT2D eigenvalue weighted by atomic mass is 19.1. The molecule has 0 amide bonds. The summed E-state index contributed by atoms with van der Waals surface area (Å²) in [5.41, 5.74) is 1.38. The van der Waals surface area contributed by atoms with Crippen molar-refractivity contribution in [2.24, 2.45) is 0 Å². The molecule has 1 atom stereocenters. The van der Waals surface area contributed by atoms with E-state index in [9.17, 15) is 8.78 Å². The largest absolute Gasteiger partial charge is 0.367 e. The number of fused-ring (bicyclic) bond motifs is 1. The van der Waals surface area contributed by atoms with Crippen LogP contribution in [-0.2, 0) is 0 Å². The maximum atomic E-state index is 14.1. The summed E-state index contributed by atoms with van der Waals surface area (Å²) >= 11 is 0. The Hall–Kier alpha value is -2.60. The number of rotatable bonds is 5. The van der Waals surface area contributed by atoms with E-state index in [0.717, 1.165) is 5.56 Å². The lowest BCUT2D eigenvalue weighted by molar-refractivity contribution is 0.311. The minimum atomic E-state index is -0.372. The second kappa shape index (κ2) is 6.88. The quantitative estimate of drug-likeness (QED) is 0.777. The van der Waals surface area contributed by atoms with Gasteiger partial charge in [-0.2, -0.15) is 0 Å². The number of nitrogens with zero attached hydrogens (tertiary/aromatic N) is 3. The number of likely N-dealkylation sites (N-methyl/N-ethyl adjacent to an activating group) is 1. The number of aromatic nitrogens is 2. The van der Waals surface area contributed by atoms with Crippen molar-refractivity contribution in [2.75, 3.05) is 26.0 Å². The van der Waals surface area contributed by atoms with Gasteiger partial charge in [0.25, 0.3) is 0 Å². The van der Waals surface area contributed by atoms with Crippen molar-refractivity contribution >= 4 is 16.7 Å². The van der Waals surface area contributed by atoms with E-state index in [2.05, 4.69) is 15.3 Å². The maximum Gasteiger partial charge on any atom is 0.140 e. The molecule has 3 aromatic rings. The molecule has 4 nitrogen and oxygen atoms in total. The third kappa shape index (κ3) is 3.33. The van der Waals surface area contributed by atoms with Gasteiger partial charge in [0.15, 0.2) is 0 Å². The lowest BCUT2D eigenvalue weighted by Gasteiger charge is -2.25. The van der Waals surface area contributed by atoms with E-state index in [1.807, 2.05) is 25.1 Å². The first-order valence-electron chi connectivity index (χ1n) is 7.61. The van der Waals surface area contributed by atoms with Gasteiger partial charge in [-0.05, 0) is 43.9 Å². The number of benzene rings is 2. The molecular formula is C18H18F2N4. The number of halogens is 2. The van der Waals surface area contributed by atoms with E-state index in [-0.39, 0.29) is 17.7 Å². The molecule has 2 aromatic carbocycles. The number of hydrogen-bond donors (Lipinski definition) is 1. The van der Waals surface area contributed by atoms with Crippen molar-refractivity contribution in [3.8, 4) is 0 Å². The van der Waals surface area contributed by atoms with Gasteiger partial charge in [0.1, 0.15) is 23.8 Å². The van der Waals surface area contributed by atoms with Crippen LogP contribution in [0.3, 0.4) is 0 Å². The molecular weight excluding hydrogens is 310 g/mol. The Morgan fingerprint density at radius 1 is 1.08 bits per heavy atom. The summed E-state index contributed by atoms with van der Waals surface area (Å²) in [4.78, 5) is 10.2. The summed E-state index contributed by atoms with van der Waals surface area (Å²) in [5, 5.41) is 3.53. The molecule has 1 N–H and O–H groups in total. The lowest BCUT2D eigenvalue weighted by atomic mass is 10.1. The smallest absolute Gasteiger partial charge is 0.140 e. The SMILES string of the molecule is CN(C)C(CNc1ncnc2cccc(F)c12)c1cccc(F)c1. The van der Waals surface area contributed by atoms with Crippen LogP contribution in [0.15, 0.2) is 48.8 Å². The van der Waals surface area contributed by atoms with Crippen molar-refractivity contribution in [1.29, 1.82) is 0 Å². The van der Waals surface area contributed by atoms with Gasteiger partial charge >= 0.3 is 0 Å². The highest BCUT2D eigenvalue weighted by Gasteiger charge is 2.16. The van der Waals surface area contributed by atoms with E-state index in [0.29, 0.717) is 23.3 Å². The van der Waals surface area contributed by atoms with Crippen molar-refractivity contribution < 1.29 is 8.78 Å². The highest BCUT2D eigenvalue weighted by molar-refractivity contribution is 5.89. The molecule has 24 heavy (non-hydrogen) atoms. The van der Waals surface area contributed by atoms with E-state index in [1.165, 1.54) is 24.5 Å². The molecule has 0 saturated heterocycles. The van der Waals surface area contributed by atoms with Gasteiger partial charge < -0.3 is 10.2 Å². The van der Waals surface area contributed by atoms with Gasteiger partial charge in [0, 0.05) is 6.54 Å². The summed E-state index contributed by atoms with van der Waals surface area (Å²) in [6.45, 7) is 0.455. The fourth-order valence-electron chi connectivity index (χ4n) is 2.71. The number of hydrogen-bond acceptors (Lipinski definition) is 4. The molecule has 1 unspecified atom stereocenters. The Labute approximate surface area is 139 Å². The van der Waals surface area contributed by atoms with Crippen LogP contribution in [0.5, 0.6) is 0 Å². The Balaban J connectivity index is 1.88. The van der Waals surface area contributed by atoms with E-state index >= 15 is 0 Å². The first kappa shape index (κ1) is 16.3. The topological polar surface area (TPSA) is 41.0 Å². The van der Waals surface area contributed by atoms with Gasteiger partial charge in [-0.3, -0.25) is 0 Å². The van der Waals surface area contributed by atoms with Crippen molar-refractivity contribution in [3.63, 3.8) is 0 Å². The fraction of sp³-hybridized carbons (Fsp3) is 0.222. The first-order valence-corrected chi connectivity index (χ1v) is 7.61. The Kier molecular flexibility index (Phi) is 4.66. The monoisotopic (exact) mass is 328 g/mol. The average molecular weight is 328 g/mol. The van der Waals surface area contributed by atoms with Crippen LogP contribution in [-0.4, -0.2) is 35.5 Å². The predicted molar refractivity (Wildman–Crippen MR) is 90.8 cm³/mol. The van der Waals surface area contributed by atoms with Crippen molar-refractivity contribution in [1.82, 2.24) is 14.9 Å². The molecule has 1 heterocycles. The minimum Gasteiger partial charge on any atom is -0.367 e. The van der Waals surface area contributed by atoms with Crippen LogP contribution >= 0.6 is 0 Å². The summed E-state index contributed by atoms with van der Waals surface area (Å²) in [7, 11) is 3.83. The minimum absolute atomic E-state index is 0.0857. The van der Waals surface area contributed by atoms with Gasteiger partial charge in [0.05, 0.1) is 16.9 Å². The third-order valence-electron chi connectivity index (χ3n) is 3.93. The molecule has 0 aliphatic heterocycles. The molecule has 0 radical (unpaired) electrons. The molecule has 0 bridgehead atoms. The molecule has 124 valence electrons. The van der Waals surface area contributed by atoms with E-state index in [4.69, 9.17) is 0 Å². The number of anilines is 1. The normalized spacial score (nSPS) is 12.5. The third-order valence-corrected chi connectivity index (χ3v) is 3.93. The van der Waals surface area contributed by atoms with Gasteiger partial charge in [-0.1, -0.05) is 18.2 Å². The van der Waals surface area contributed by atoms with Crippen LogP contribution in [0.2, 0.25) is 0 Å². The fourth-order valence-corrected chi connectivity index (χ4v) is 2.71. The van der Waals surface area contributed by atoms with Crippen LogP contribution in [0, 0.1) is 11.6 Å². The zero-order chi connectivity index (χ0) is 17.1. The first-order chi connectivity index (χ1) is 11.6. The van der Waals surface area contributed by atoms with Crippen LogP contribution in [0.1, 0.15) is 11.6 Å². The van der Waals surface area contributed by atoms with Gasteiger partial charge in [0.2, 0.25) is 0 Å². The lowest BCUT2D eigenvalue weighted by Crippen LogP contribution is -2.27. The summed E-state index contributed by atoms with van der Waals surface area (Å²) < 4.78 is 27.6. The second-order valence-corrected chi connectivity index (χ2v) is 5.77. The standard InChI is InChI=1S/C18H18F2N4/c1-24(2)16(12-5-3-6-13(19)9-12)10-21-18-17-14(20)7-4-8-15(17)22-11-23-18/h3-9,11,16H,10H2,1-2H3,(H,21,22,23). The zero-order valence-electron chi connectivity index (χ0n) is 13.5. The van der Waals surface area contributed by atoms with Crippen molar-refractivity contribution in [3.05, 3.63) is 66.0 Å². The predicted octanol–water partition coefficient (Wildman–Crippen LogP) is 3.62. The molecule has 0 spiro atoms. The highest BCUT2D eigenvalue weighted by Crippen LogP contribution is 2.24. The van der Waals surface area contributed by atoms with Gasteiger partial charge in [-0.25, -0.2) is 18.7 Å². The Morgan fingerprint density at radius 2 is 1.88 bits per heavy atom. The van der Waals surface area contributed by atoms with Crippen molar-refractivity contribution in [2.45, 2.75) is 6.04 Å². The summed E-state index contributed by atoms with van der Waals surface area (Å²) in [6.07, 6.45) is 1.40. The number of nitrogens with one attached hydrogen (secondary N) is 1. The van der Waals surface area contributed by atoms with Gasteiger partial charge in [-0.15, -0.1) is 0 Å². The molecule has 0 saturated carbocycles. The summed E-state index contributed by atoms with van der Waals surface area (Å²) in [5.74, 6) is -0.220. The molecule has 0 aliphatic rings. The Morgan fingerprint density at radius 3 is 2.62 bits per heavy atom. The molecule has 6 heteroatoms.